The van der Waals surface area contributed by atoms with Crippen LogP contribution in [0.15, 0.2) is 12.4 Å². The quantitative estimate of drug-likeness (QED) is 0.521. The topological polar surface area (TPSA) is 6.48 Å². The summed E-state index contributed by atoms with van der Waals surface area (Å²) in [5.74, 6) is 0. The molecule has 0 unspecified atom stereocenters. The van der Waals surface area contributed by atoms with Gasteiger partial charge in [0.15, 0.2) is 0 Å². The van der Waals surface area contributed by atoms with Gasteiger partial charge in [-0.05, 0) is 12.8 Å². The lowest BCUT2D eigenvalue weighted by atomic mass is 10.2. The Labute approximate surface area is 112 Å². The maximum Gasteiger partial charge on any atom is 0.0893 e. The number of hydrogen-bond donors (Lipinski definition) is 0. The van der Waals surface area contributed by atoms with Gasteiger partial charge in [0.2, 0.25) is 0 Å². The Bertz CT molecular complexity index is 171. The summed E-state index contributed by atoms with van der Waals surface area (Å²) in [7, 11) is 0. The summed E-state index contributed by atoms with van der Waals surface area (Å²) in [5, 5.41) is 0. The van der Waals surface area contributed by atoms with Crippen LogP contribution in [0.1, 0.15) is 46.0 Å². The molecule has 0 radical (unpaired) electrons. The smallest absolute Gasteiger partial charge is 0.0893 e. The summed E-state index contributed by atoms with van der Waals surface area (Å²) in [6, 6.07) is 0. The van der Waals surface area contributed by atoms with E-state index in [2.05, 4.69) is 36.0 Å². The minimum atomic E-state index is 0. The molecule has 15 heavy (non-hydrogen) atoms. The minimum Gasteiger partial charge on any atom is -0.359 e. The predicted octanol–water partition coefficient (Wildman–Crippen LogP) is 3.64. The Hall–Kier alpha value is 0.0700. The largest absolute Gasteiger partial charge is 0.359 e. The predicted molar refractivity (Wildman–Crippen MR) is 77.3 cm³/mol. The summed E-state index contributed by atoms with van der Waals surface area (Å²) < 4.78 is 0. The van der Waals surface area contributed by atoms with Crippen molar-refractivity contribution in [1.29, 1.82) is 0 Å². The number of nitrogens with zero attached hydrogens (tertiary/aromatic N) is 2. The monoisotopic (exact) mass is 324 g/mol. The van der Waals surface area contributed by atoms with Gasteiger partial charge < -0.3 is 9.80 Å². The molecule has 0 saturated heterocycles. The highest BCUT2D eigenvalue weighted by atomic mass is 127. The van der Waals surface area contributed by atoms with Crippen molar-refractivity contribution in [3.63, 3.8) is 0 Å². The first kappa shape index (κ1) is 15.1. The van der Waals surface area contributed by atoms with Crippen molar-refractivity contribution in [2.75, 3.05) is 19.8 Å². The Morgan fingerprint density at radius 3 is 2.13 bits per heavy atom. The van der Waals surface area contributed by atoms with Gasteiger partial charge in [0.25, 0.3) is 0 Å². The minimum absolute atomic E-state index is 0. The summed E-state index contributed by atoms with van der Waals surface area (Å²) in [6.07, 6.45) is 11.2. The number of hydrogen-bond acceptors (Lipinski definition) is 2. The van der Waals surface area contributed by atoms with E-state index in [1.165, 1.54) is 45.2 Å². The van der Waals surface area contributed by atoms with Crippen molar-refractivity contribution in [1.82, 2.24) is 9.80 Å². The normalized spacial score (nSPS) is 14.5. The van der Waals surface area contributed by atoms with Gasteiger partial charge in [-0.1, -0.05) is 33.1 Å². The van der Waals surface area contributed by atoms with Gasteiger partial charge in [-0.2, -0.15) is 0 Å². The molecule has 2 nitrogen and oxygen atoms in total. The zero-order valence-electron chi connectivity index (χ0n) is 10.1. The van der Waals surface area contributed by atoms with E-state index in [9.17, 15) is 0 Å². The second-order valence-corrected chi connectivity index (χ2v) is 4.12. The van der Waals surface area contributed by atoms with Crippen molar-refractivity contribution < 1.29 is 0 Å². The fourth-order valence-electron chi connectivity index (χ4n) is 1.84. The van der Waals surface area contributed by atoms with Gasteiger partial charge in [0.05, 0.1) is 6.67 Å². The van der Waals surface area contributed by atoms with Gasteiger partial charge in [0, 0.05) is 25.5 Å². The lowest BCUT2D eigenvalue weighted by Crippen LogP contribution is -2.26. The molecule has 0 amide bonds. The summed E-state index contributed by atoms with van der Waals surface area (Å²) >= 11 is 0. The first-order valence-electron chi connectivity index (χ1n) is 6.03. The van der Waals surface area contributed by atoms with Crippen LogP contribution in [0.3, 0.4) is 0 Å². The maximum atomic E-state index is 2.42. The van der Waals surface area contributed by atoms with Crippen LogP contribution >= 0.6 is 24.0 Å². The Balaban J connectivity index is 0.00000196. The third-order valence-electron chi connectivity index (χ3n) is 2.66. The number of rotatable bonds is 7. The molecule has 0 N–H and O–H groups in total. The second-order valence-electron chi connectivity index (χ2n) is 4.12. The third kappa shape index (κ3) is 6.28. The molecule has 0 aliphatic carbocycles. The van der Waals surface area contributed by atoms with E-state index in [4.69, 9.17) is 0 Å². The zero-order valence-corrected chi connectivity index (χ0v) is 12.4. The Morgan fingerprint density at radius 2 is 1.53 bits per heavy atom. The highest BCUT2D eigenvalue weighted by molar-refractivity contribution is 14.0. The molecule has 1 aliphatic rings. The van der Waals surface area contributed by atoms with Crippen LogP contribution in [0.5, 0.6) is 0 Å². The van der Waals surface area contributed by atoms with Gasteiger partial charge in [-0.25, -0.2) is 0 Å². The number of halogens is 1. The van der Waals surface area contributed by atoms with Crippen LogP contribution in [0.2, 0.25) is 0 Å². The van der Waals surface area contributed by atoms with E-state index < -0.39 is 0 Å². The van der Waals surface area contributed by atoms with E-state index in [-0.39, 0.29) is 24.0 Å². The lowest BCUT2D eigenvalue weighted by Gasteiger charge is -2.20. The Morgan fingerprint density at radius 1 is 0.867 bits per heavy atom. The molecule has 0 spiro atoms. The summed E-state index contributed by atoms with van der Waals surface area (Å²) in [4.78, 5) is 4.81. The molecule has 1 rings (SSSR count). The molecule has 0 aromatic carbocycles. The highest BCUT2D eigenvalue weighted by Gasteiger charge is 2.09. The Kier molecular flexibility index (Phi) is 9.35. The van der Waals surface area contributed by atoms with E-state index in [1.54, 1.807) is 0 Å². The van der Waals surface area contributed by atoms with Crippen molar-refractivity contribution in [3.05, 3.63) is 12.4 Å². The van der Waals surface area contributed by atoms with Crippen molar-refractivity contribution in [2.45, 2.75) is 46.0 Å². The average molecular weight is 324 g/mol. The SMILES string of the molecule is CCCCCCN1C=CN(CCC)C1.I. The van der Waals surface area contributed by atoms with Crippen LogP contribution in [-0.2, 0) is 0 Å². The van der Waals surface area contributed by atoms with E-state index in [1.807, 2.05) is 0 Å². The van der Waals surface area contributed by atoms with Gasteiger partial charge in [-0.3, -0.25) is 0 Å². The van der Waals surface area contributed by atoms with E-state index in [0.717, 1.165) is 6.67 Å². The zero-order chi connectivity index (χ0) is 10.2. The first-order valence-corrected chi connectivity index (χ1v) is 6.03. The average Bonchev–Trinajstić information content (AvgIpc) is 2.61. The van der Waals surface area contributed by atoms with Gasteiger partial charge in [-0.15, -0.1) is 24.0 Å². The molecule has 0 bridgehead atoms. The molecule has 0 fully saturated rings. The van der Waals surface area contributed by atoms with E-state index in [0.29, 0.717) is 0 Å². The highest BCUT2D eigenvalue weighted by Crippen LogP contribution is 2.09. The molecule has 90 valence electrons. The summed E-state index contributed by atoms with van der Waals surface area (Å²) in [6.45, 7) is 8.04. The van der Waals surface area contributed by atoms with E-state index >= 15 is 0 Å². The van der Waals surface area contributed by atoms with Crippen LogP contribution in [0, 0.1) is 0 Å². The maximum absolute atomic E-state index is 2.42. The lowest BCUT2D eigenvalue weighted by molar-refractivity contribution is 0.261. The molecule has 3 heteroatoms. The molecule has 0 saturated carbocycles. The third-order valence-corrected chi connectivity index (χ3v) is 2.66. The van der Waals surface area contributed by atoms with Crippen LogP contribution < -0.4 is 0 Å². The van der Waals surface area contributed by atoms with Crippen LogP contribution in [-0.4, -0.2) is 29.6 Å². The molecule has 1 aliphatic heterocycles. The standard InChI is InChI=1S/C12H24N2.HI/c1-3-5-6-7-9-14-11-10-13(12-14)8-4-2;/h10-11H,3-9,12H2,1-2H3;1H. The first-order chi connectivity index (χ1) is 6.86. The molecule has 1 heterocycles. The van der Waals surface area contributed by atoms with Crippen molar-refractivity contribution in [2.24, 2.45) is 0 Å². The summed E-state index contributed by atoms with van der Waals surface area (Å²) in [5.41, 5.74) is 0. The fraction of sp³-hybridized carbons (Fsp3) is 0.833. The van der Waals surface area contributed by atoms with Gasteiger partial charge >= 0.3 is 0 Å². The van der Waals surface area contributed by atoms with Crippen LogP contribution in [0.4, 0.5) is 0 Å². The molecular formula is C12H25IN2. The molecule has 0 atom stereocenters. The second kappa shape index (κ2) is 9.31. The molecule has 0 aromatic rings. The van der Waals surface area contributed by atoms with Gasteiger partial charge in [0.1, 0.15) is 0 Å². The van der Waals surface area contributed by atoms with Crippen LogP contribution in [0.25, 0.3) is 0 Å². The van der Waals surface area contributed by atoms with Crippen molar-refractivity contribution in [3.8, 4) is 0 Å². The number of unbranched alkanes of at least 4 members (excludes halogenated alkanes) is 3. The molecular weight excluding hydrogens is 299 g/mol. The molecule has 0 aromatic heterocycles. The fourth-order valence-corrected chi connectivity index (χ4v) is 1.84. The van der Waals surface area contributed by atoms with Crippen molar-refractivity contribution >= 4 is 24.0 Å².